The fraction of sp³-hybridized carbons (Fsp3) is 0.250. The summed E-state index contributed by atoms with van der Waals surface area (Å²) in [6.07, 6.45) is 3.91. The smallest absolute Gasteiger partial charge is 0.192 e. The first-order valence-electron chi connectivity index (χ1n) is 5.47. The van der Waals surface area contributed by atoms with Gasteiger partial charge in [0.1, 0.15) is 0 Å². The van der Waals surface area contributed by atoms with Crippen molar-refractivity contribution in [1.29, 1.82) is 0 Å². The van der Waals surface area contributed by atoms with Gasteiger partial charge in [-0.2, -0.15) is 0 Å². The molecule has 2 nitrogen and oxygen atoms in total. The first-order valence-corrected chi connectivity index (χ1v) is 7.99. The SMILES string of the molecule is CCc1ccc(SNc2nccs2)cc1CP. The molecular weight excluding hydrogens is 267 g/mol. The highest BCUT2D eigenvalue weighted by molar-refractivity contribution is 8.00. The van der Waals surface area contributed by atoms with Crippen molar-refractivity contribution >= 4 is 37.7 Å². The molecule has 0 aliphatic heterocycles. The van der Waals surface area contributed by atoms with Gasteiger partial charge in [-0.1, -0.05) is 13.0 Å². The van der Waals surface area contributed by atoms with Crippen molar-refractivity contribution < 1.29 is 0 Å². The van der Waals surface area contributed by atoms with E-state index in [0.717, 1.165) is 17.7 Å². The summed E-state index contributed by atoms with van der Waals surface area (Å²) < 4.78 is 3.25. The molecule has 1 aromatic carbocycles. The molecule has 2 rings (SSSR count). The number of nitrogens with one attached hydrogen (secondary N) is 1. The lowest BCUT2D eigenvalue weighted by Gasteiger charge is -2.08. The zero-order valence-electron chi connectivity index (χ0n) is 9.64. The number of hydrogen-bond donors (Lipinski definition) is 1. The number of thiazole rings is 1. The van der Waals surface area contributed by atoms with Crippen LogP contribution in [0.2, 0.25) is 0 Å². The average molecular weight is 282 g/mol. The van der Waals surface area contributed by atoms with Crippen molar-refractivity contribution in [2.75, 3.05) is 4.72 Å². The van der Waals surface area contributed by atoms with Crippen LogP contribution in [-0.4, -0.2) is 4.98 Å². The van der Waals surface area contributed by atoms with E-state index < -0.39 is 0 Å². The van der Waals surface area contributed by atoms with Gasteiger partial charge in [0.25, 0.3) is 0 Å². The predicted molar refractivity (Wildman–Crippen MR) is 80.8 cm³/mol. The van der Waals surface area contributed by atoms with Gasteiger partial charge in [0.15, 0.2) is 5.13 Å². The van der Waals surface area contributed by atoms with Gasteiger partial charge in [-0.25, -0.2) is 4.98 Å². The molecule has 1 atom stereocenters. The Balaban J connectivity index is 2.06. The third-order valence-electron chi connectivity index (χ3n) is 2.47. The van der Waals surface area contributed by atoms with Crippen LogP contribution in [0.1, 0.15) is 18.1 Å². The second-order valence-corrected chi connectivity index (χ2v) is 5.71. The Hall–Kier alpha value is -0.570. The van der Waals surface area contributed by atoms with Gasteiger partial charge < -0.3 is 4.72 Å². The molecule has 17 heavy (non-hydrogen) atoms. The van der Waals surface area contributed by atoms with Crippen LogP contribution in [0.5, 0.6) is 0 Å². The highest BCUT2D eigenvalue weighted by Crippen LogP contribution is 2.25. The Morgan fingerprint density at radius 2 is 2.29 bits per heavy atom. The maximum atomic E-state index is 4.19. The van der Waals surface area contributed by atoms with Crippen molar-refractivity contribution in [1.82, 2.24) is 4.98 Å². The van der Waals surface area contributed by atoms with E-state index >= 15 is 0 Å². The second kappa shape index (κ2) is 6.39. The molecule has 1 N–H and O–H groups in total. The van der Waals surface area contributed by atoms with E-state index in [0.29, 0.717) is 0 Å². The third kappa shape index (κ3) is 3.44. The van der Waals surface area contributed by atoms with Gasteiger partial charge in [0, 0.05) is 16.5 Å². The summed E-state index contributed by atoms with van der Waals surface area (Å²) in [6, 6.07) is 6.62. The van der Waals surface area contributed by atoms with E-state index in [1.54, 1.807) is 23.3 Å². The Bertz CT molecular complexity index is 471. The highest BCUT2D eigenvalue weighted by Gasteiger charge is 2.02. The van der Waals surface area contributed by atoms with E-state index in [4.69, 9.17) is 0 Å². The van der Waals surface area contributed by atoms with Crippen molar-refractivity contribution in [2.24, 2.45) is 0 Å². The number of nitrogens with zero attached hydrogens (tertiary/aromatic N) is 1. The van der Waals surface area contributed by atoms with Crippen LogP contribution in [0.25, 0.3) is 0 Å². The Morgan fingerprint density at radius 3 is 2.94 bits per heavy atom. The lowest BCUT2D eigenvalue weighted by molar-refractivity contribution is 1.09. The molecule has 0 saturated carbocycles. The van der Waals surface area contributed by atoms with E-state index in [2.05, 4.69) is 44.1 Å². The van der Waals surface area contributed by atoms with Crippen LogP contribution in [-0.2, 0) is 12.6 Å². The molecule has 0 fully saturated rings. The van der Waals surface area contributed by atoms with Crippen molar-refractivity contribution in [3.63, 3.8) is 0 Å². The topological polar surface area (TPSA) is 24.9 Å². The molecule has 0 aliphatic carbocycles. The van der Waals surface area contributed by atoms with Crippen molar-refractivity contribution in [2.45, 2.75) is 24.4 Å². The molecule has 0 amide bonds. The Kier molecular flexibility index (Phi) is 4.84. The van der Waals surface area contributed by atoms with Crippen LogP contribution >= 0.6 is 32.5 Å². The number of aromatic nitrogens is 1. The maximum Gasteiger partial charge on any atom is 0.192 e. The lowest BCUT2D eigenvalue weighted by Crippen LogP contribution is -1.91. The summed E-state index contributed by atoms with van der Waals surface area (Å²) in [7, 11) is 2.80. The minimum atomic E-state index is 0.946. The monoisotopic (exact) mass is 282 g/mol. The van der Waals surface area contributed by atoms with E-state index in [1.165, 1.54) is 16.0 Å². The normalized spacial score (nSPS) is 10.5. The maximum absolute atomic E-state index is 4.19. The van der Waals surface area contributed by atoms with Crippen molar-refractivity contribution in [3.05, 3.63) is 40.9 Å². The summed E-state index contributed by atoms with van der Waals surface area (Å²) in [5.74, 6) is 0. The van der Waals surface area contributed by atoms with Crippen LogP contribution in [0, 0.1) is 0 Å². The highest BCUT2D eigenvalue weighted by atomic mass is 32.2. The van der Waals surface area contributed by atoms with Gasteiger partial charge in [-0.05, 0) is 47.8 Å². The van der Waals surface area contributed by atoms with E-state index in [1.807, 2.05) is 11.6 Å². The van der Waals surface area contributed by atoms with Gasteiger partial charge in [-0.3, -0.25) is 0 Å². The van der Waals surface area contributed by atoms with Gasteiger partial charge in [0.05, 0.1) is 0 Å². The van der Waals surface area contributed by atoms with Crippen LogP contribution in [0.4, 0.5) is 5.13 Å². The molecule has 1 unspecified atom stereocenters. The number of hydrogen-bond acceptors (Lipinski definition) is 4. The molecule has 0 saturated heterocycles. The fourth-order valence-corrected chi connectivity index (χ4v) is 3.24. The van der Waals surface area contributed by atoms with Gasteiger partial charge in [0.2, 0.25) is 0 Å². The number of anilines is 1. The van der Waals surface area contributed by atoms with Gasteiger partial charge >= 0.3 is 0 Å². The molecule has 2 aromatic rings. The molecule has 90 valence electrons. The molecule has 0 aliphatic rings. The number of aryl methyl sites for hydroxylation is 1. The number of benzene rings is 1. The summed E-state index contributed by atoms with van der Waals surface area (Å²) in [5, 5.41) is 2.92. The van der Waals surface area contributed by atoms with E-state index in [9.17, 15) is 0 Å². The van der Waals surface area contributed by atoms with Gasteiger partial charge in [-0.15, -0.1) is 20.6 Å². The minimum Gasteiger partial charge on any atom is -0.302 e. The summed E-state index contributed by atoms with van der Waals surface area (Å²) in [5.41, 5.74) is 2.84. The Labute approximate surface area is 113 Å². The summed E-state index contributed by atoms with van der Waals surface area (Å²) in [4.78, 5) is 5.42. The average Bonchev–Trinajstić information content (AvgIpc) is 2.89. The Morgan fingerprint density at radius 1 is 1.41 bits per heavy atom. The van der Waals surface area contributed by atoms with Crippen LogP contribution in [0.15, 0.2) is 34.7 Å². The molecule has 0 bridgehead atoms. The first kappa shape index (κ1) is 12.9. The first-order chi connectivity index (χ1) is 8.33. The predicted octanol–water partition coefficient (Wildman–Crippen LogP) is 4.20. The minimum absolute atomic E-state index is 0.946. The summed E-state index contributed by atoms with van der Waals surface area (Å²) >= 11 is 3.23. The standard InChI is InChI=1S/C12H15N2PS2/c1-2-9-3-4-11(7-10(9)8-15)17-14-12-13-5-6-16-12/h3-7H,2,8,15H2,1H3,(H,13,14). The lowest BCUT2D eigenvalue weighted by atomic mass is 10.1. The molecule has 1 heterocycles. The molecular formula is C12H15N2PS2. The molecule has 5 heteroatoms. The second-order valence-electron chi connectivity index (χ2n) is 3.53. The zero-order chi connectivity index (χ0) is 12.1. The molecule has 1 aromatic heterocycles. The molecule has 0 radical (unpaired) electrons. The van der Waals surface area contributed by atoms with Crippen molar-refractivity contribution in [3.8, 4) is 0 Å². The quantitative estimate of drug-likeness (QED) is 0.657. The largest absolute Gasteiger partial charge is 0.302 e. The summed E-state index contributed by atoms with van der Waals surface area (Å²) in [6.45, 7) is 2.19. The fourth-order valence-electron chi connectivity index (χ4n) is 1.58. The zero-order valence-corrected chi connectivity index (χ0v) is 12.4. The van der Waals surface area contributed by atoms with Crippen LogP contribution in [0.3, 0.4) is 0 Å². The van der Waals surface area contributed by atoms with E-state index in [-0.39, 0.29) is 0 Å². The number of rotatable bonds is 5. The third-order valence-corrected chi connectivity index (χ3v) is 4.51. The van der Waals surface area contributed by atoms with Crippen LogP contribution < -0.4 is 4.72 Å². The molecule has 0 spiro atoms.